The second kappa shape index (κ2) is 9.95. The summed E-state index contributed by atoms with van der Waals surface area (Å²) in [7, 11) is 0. The smallest absolute Gasteiger partial charge is 0.260 e. The number of ketones is 1. The summed E-state index contributed by atoms with van der Waals surface area (Å²) in [5.74, 6) is 1.20. The lowest BCUT2D eigenvalue weighted by Crippen LogP contribution is -2.42. The maximum Gasteiger partial charge on any atom is 0.260 e. The molecule has 2 aliphatic rings. The Morgan fingerprint density at radius 2 is 1.73 bits per heavy atom. The topological polar surface area (TPSA) is 78.2 Å². The van der Waals surface area contributed by atoms with E-state index in [1.807, 2.05) is 48.5 Å². The molecule has 0 atom stereocenters. The van der Waals surface area contributed by atoms with E-state index in [0.29, 0.717) is 43.2 Å². The van der Waals surface area contributed by atoms with Gasteiger partial charge in [-0.25, -0.2) is 0 Å². The number of furan rings is 1. The minimum atomic E-state index is -0.233. The summed E-state index contributed by atoms with van der Waals surface area (Å²) in [6.07, 6.45) is 4.38. The fourth-order valence-electron chi connectivity index (χ4n) is 4.67. The zero-order valence-corrected chi connectivity index (χ0v) is 20.1. The number of allylic oxidation sites excluding steroid dienone is 1. The first-order chi connectivity index (χ1) is 18.2. The highest BCUT2D eigenvalue weighted by Gasteiger charge is 2.25. The predicted molar refractivity (Wildman–Crippen MR) is 138 cm³/mol. The number of ether oxygens (including phenoxy) is 3. The van der Waals surface area contributed by atoms with E-state index in [4.69, 9.17) is 18.6 Å². The van der Waals surface area contributed by atoms with Crippen LogP contribution in [0.1, 0.15) is 21.7 Å². The third-order valence-corrected chi connectivity index (χ3v) is 6.61. The highest BCUT2D eigenvalue weighted by Crippen LogP contribution is 2.40. The molecule has 7 nitrogen and oxygen atoms in total. The van der Waals surface area contributed by atoms with Crippen LogP contribution in [-0.4, -0.2) is 49.5 Å². The van der Waals surface area contributed by atoms with Crippen molar-refractivity contribution in [1.82, 2.24) is 4.90 Å². The zero-order valence-electron chi connectivity index (χ0n) is 20.1. The average Bonchev–Trinajstić information content (AvgIpc) is 3.33. The van der Waals surface area contributed by atoms with E-state index in [1.54, 1.807) is 35.4 Å². The summed E-state index contributed by atoms with van der Waals surface area (Å²) in [4.78, 5) is 27.7. The summed E-state index contributed by atoms with van der Waals surface area (Å²) in [5.41, 5.74) is 3.76. The van der Waals surface area contributed by atoms with Gasteiger partial charge in [0.25, 0.3) is 5.91 Å². The lowest BCUT2D eigenvalue weighted by molar-refractivity contribution is -0.137. The summed E-state index contributed by atoms with van der Waals surface area (Å²) >= 11 is 0. The Morgan fingerprint density at radius 3 is 2.51 bits per heavy atom. The Hall–Kier alpha value is -4.36. The molecule has 7 heteroatoms. The van der Waals surface area contributed by atoms with E-state index in [9.17, 15) is 9.59 Å². The molecule has 2 aliphatic heterocycles. The summed E-state index contributed by atoms with van der Waals surface area (Å²) < 4.78 is 22.8. The van der Waals surface area contributed by atoms with Crippen molar-refractivity contribution >= 4 is 22.7 Å². The van der Waals surface area contributed by atoms with Crippen LogP contribution in [0.3, 0.4) is 0 Å². The van der Waals surface area contributed by atoms with E-state index in [1.165, 1.54) is 0 Å². The Kier molecular flexibility index (Phi) is 6.20. The molecule has 0 bridgehead atoms. The molecule has 1 saturated heterocycles. The molecule has 186 valence electrons. The van der Waals surface area contributed by atoms with Gasteiger partial charge in [0.2, 0.25) is 5.78 Å². The summed E-state index contributed by atoms with van der Waals surface area (Å²) in [5, 5.41) is 0.869. The molecule has 1 amide bonds. The van der Waals surface area contributed by atoms with Crippen LogP contribution in [0.25, 0.3) is 22.1 Å². The number of hydrogen-bond acceptors (Lipinski definition) is 6. The normalized spacial score (nSPS) is 14.8. The quantitative estimate of drug-likeness (QED) is 0.350. The number of carbonyl (C=O) groups is 2. The first-order valence-corrected chi connectivity index (χ1v) is 12.3. The molecule has 1 fully saturated rings. The van der Waals surface area contributed by atoms with Gasteiger partial charge in [-0.3, -0.25) is 9.59 Å². The van der Waals surface area contributed by atoms with E-state index in [0.717, 1.165) is 34.2 Å². The van der Waals surface area contributed by atoms with Gasteiger partial charge in [-0.05, 0) is 54.0 Å². The van der Waals surface area contributed by atoms with E-state index >= 15 is 0 Å². The number of nitrogens with zero attached hydrogens (tertiary/aromatic N) is 1. The van der Waals surface area contributed by atoms with Gasteiger partial charge >= 0.3 is 0 Å². The van der Waals surface area contributed by atoms with Gasteiger partial charge < -0.3 is 23.5 Å². The minimum Gasteiger partial charge on any atom is -0.484 e. The number of hydrogen-bond donors (Lipinski definition) is 0. The molecule has 0 radical (unpaired) electrons. The van der Waals surface area contributed by atoms with Crippen LogP contribution in [0.5, 0.6) is 11.5 Å². The molecule has 0 aliphatic carbocycles. The monoisotopic (exact) mass is 495 g/mol. The van der Waals surface area contributed by atoms with Gasteiger partial charge in [-0.2, -0.15) is 0 Å². The number of amides is 1. The Labute approximate surface area is 213 Å². The molecule has 6 rings (SSSR count). The molecule has 0 saturated carbocycles. The van der Waals surface area contributed by atoms with Gasteiger partial charge in [0.1, 0.15) is 17.1 Å². The van der Waals surface area contributed by atoms with Crippen molar-refractivity contribution in [1.29, 1.82) is 0 Å². The van der Waals surface area contributed by atoms with Gasteiger partial charge in [0.05, 0.1) is 19.5 Å². The zero-order chi connectivity index (χ0) is 25.2. The van der Waals surface area contributed by atoms with Crippen LogP contribution < -0.4 is 9.47 Å². The third kappa shape index (κ3) is 4.61. The van der Waals surface area contributed by atoms with Crippen molar-refractivity contribution < 1.29 is 28.2 Å². The molecule has 0 unspecified atom stereocenters. The largest absolute Gasteiger partial charge is 0.484 e. The highest BCUT2D eigenvalue weighted by atomic mass is 16.5. The number of carbonyl (C=O) groups excluding carboxylic acids is 2. The van der Waals surface area contributed by atoms with Crippen LogP contribution in [0.15, 0.2) is 83.5 Å². The van der Waals surface area contributed by atoms with Gasteiger partial charge in [-0.1, -0.05) is 30.3 Å². The summed E-state index contributed by atoms with van der Waals surface area (Å²) in [6, 6.07) is 20.4. The molecule has 37 heavy (non-hydrogen) atoms. The molecule has 0 spiro atoms. The molecule has 3 aromatic carbocycles. The lowest BCUT2D eigenvalue weighted by atomic mass is 9.96. The first-order valence-electron chi connectivity index (χ1n) is 12.3. The number of rotatable bonds is 6. The number of fused-ring (bicyclic) bond motifs is 2. The van der Waals surface area contributed by atoms with E-state index in [2.05, 4.69) is 0 Å². The van der Waals surface area contributed by atoms with Crippen molar-refractivity contribution in [2.45, 2.75) is 6.42 Å². The van der Waals surface area contributed by atoms with Crippen LogP contribution in [0.4, 0.5) is 0 Å². The Balaban J connectivity index is 1.28. The molecular formula is C30H25NO6. The van der Waals surface area contributed by atoms with Crippen LogP contribution in [0.2, 0.25) is 0 Å². The maximum absolute atomic E-state index is 13.7. The lowest BCUT2D eigenvalue weighted by Gasteiger charge is -2.26. The Bertz CT molecular complexity index is 1480. The standard InChI is InChI=1S/C30H25NO6/c32-27(31-12-15-34-16-13-31)19-36-23-10-8-21(9-11-23)29(33)30-28(20-5-2-1-3-6-20)24-17-22-7-4-14-35-25(22)18-26(24)37-30/h1-6,8-11,14,17-18H,7,12-13,15-16,19H2. The second-order valence-electron chi connectivity index (χ2n) is 8.96. The third-order valence-electron chi connectivity index (χ3n) is 6.61. The number of morpholine rings is 1. The van der Waals surface area contributed by atoms with E-state index in [-0.39, 0.29) is 24.1 Å². The van der Waals surface area contributed by atoms with Crippen molar-refractivity contribution in [3.8, 4) is 22.6 Å². The van der Waals surface area contributed by atoms with Crippen LogP contribution in [0, 0.1) is 0 Å². The fraction of sp³-hybridized carbons (Fsp3) is 0.200. The van der Waals surface area contributed by atoms with Crippen molar-refractivity contribution in [3.05, 3.63) is 96.0 Å². The summed E-state index contributed by atoms with van der Waals surface area (Å²) in [6.45, 7) is 2.17. The van der Waals surface area contributed by atoms with Crippen LogP contribution >= 0.6 is 0 Å². The second-order valence-corrected chi connectivity index (χ2v) is 8.96. The van der Waals surface area contributed by atoms with E-state index < -0.39 is 0 Å². The molecular weight excluding hydrogens is 470 g/mol. The molecule has 4 aromatic rings. The predicted octanol–water partition coefficient (Wildman–Crippen LogP) is 5.02. The maximum atomic E-state index is 13.7. The molecule has 3 heterocycles. The fourth-order valence-corrected chi connectivity index (χ4v) is 4.67. The van der Waals surface area contributed by atoms with Gasteiger partial charge in [-0.15, -0.1) is 0 Å². The minimum absolute atomic E-state index is 0.0589. The van der Waals surface area contributed by atoms with Crippen LogP contribution in [-0.2, 0) is 16.0 Å². The van der Waals surface area contributed by atoms with Gasteiger partial charge in [0, 0.05) is 35.7 Å². The first kappa shape index (κ1) is 23.1. The average molecular weight is 496 g/mol. The van der Waals surface area contributed by atoms with Gasteiger partial charge in [0.15, 0.2) is 12.4 Å². The highest BCUT2D eigenvalue weighted by molar-refractivity contribution is 6.16. The van der Waals surface area contributed by atoms with Crippen molar-refractivity contribution in [2.75, 3.05) is 32.9 Å². The van der Waals surface area contributed by atoms with Crippen molar-refractivity contribution in [3.63, 3.8) is 0 Å². The van der Waals surface area contributed by atoms with Crippen molar-refractivity contribution in [2.24, 2.45) is 0 Å². The number of benzene rings is 3. The molecule has 1 aromatic heterocycles. The Morgan fingerprint density at radius 1 is 0.946 bits per heavy atom. The molecule has 0 N–H and O–H groups in total. The SMILES string of the molecule is O=C(c1ccc(OCC(=O)N2CCOCC2)cc1)c1oc2cc3c(cc2c1-c1ccccc1)CC=CO3.